The topological polar surface area (TPSA) is 121 Å². The predicted molar refractivity (Wildman–Crippen MR) is 135 cm³/mol. The summed E-state index contributed by atoms with van der Waals surface area (Å²) in [7, 11) is 1.56. The van der Waals surface area contributed by atoms with Gasteiger partial charge in [-0.25, -0.2) is 4.98 Å². The van der Waals surface area contributed by atoms with E-state index in [9.17, 15) is 14.7 Å². The minimum atomic E-state index is -0.545. The van der Waals surface area contributed by atoms with Gasteiger partial charge in [-0.2, -0.15) is 0 Å². The second-order valence-electron chi connectivity index (χ2n) is 8.61. The molecule has 1 aliphatic carbocycles. The van der Waals surface area contributed by atoms with E-state index in [0.29, 0.717) is 55.1 Å². The molecule has 2 heterocycles. The first-order valence-corrected chi connectivity index (χ1v) is 11.7. The molecule has 0 unspecified atom stereocenters. The van der Waals surface area contributed by atoms with Gasteiger partial charge in [-0.3, -0.25) is 14.6 Å². The van der Waals surface area contributed by atoms with Crippen LogP contribution in [-0.4, -0.2) is 53.9 Å². The number of carbonyl (C=O) groups excluding carboxylic acids is 2. The van der Waals surface area contributed by atoms with Gasteiger partial charge in [0.2, 0.25) is 0 Å². The number of carbonyl (C=O) groups is 2. The molecule has 1 aromatic heterocycles. The van der Waals surface area contributed by atoms with Crippen LogP contribution in [0, 0.1) is 0 Å². The number of piperidine rings is 1. The number of hydrogen-bond acceptors (Lipinski definition) is 6. The van der Waals surface area contributed by atoms with E-state index in [0.717, 1.165) is 28.7 Å². The van der Waals surface area contributed by atoms with E-state index < -0.39 is 5.91 Å². The van der Waals surface area contributed by atoms with Crippen LogP contribution in [-0.2, 0) is 11.2 Å². The summed E-state index contributed by atoms with van der Waals surface area (Å²) in [5.41, 5.74) is 10.6. The molecular formula is C25H28ClN5O3. The maximum absolute atomic E-state index is 13.1. The third-order valence-electron chi connectivity index (χ3n) is 6.49. The smallest absolute Gasteiger partial charge is 0.267 e. The molecule has 34 heavy (non-hydrogen) atoms. The first-order valence-electron chi connectivity index (χ1n) is 11.3. The molecule has 0 radical (unpaired) electrons. The van der Waals surface area contributed by atoms with Gasteiger partial charge in [-0.15, -0.1) is 0 Å². The third kappa shape index (κ3) is 4.83. The number of allylic oxidation sites excluding steroid dienone is 1. The lowest BCUT2D eigenvalue weighted by Crippen LogP contribution is -2.36. The highest BCUT2D eigenvalue weighted by Gasteiger charge is 2.24. The third-order valence-corrected chi connectivity index (χ3v) is 6.79. The van der Waals surface area contributed by atoms with E-state index in [1.54, 1.807) is 13.1 Å². The van der Waals surface area contributed by atoms with Gasteiger partial charge in [0.1, 0.15) is 11.5 Å². The molecule has 2 aliphatic rings. The molecule has 1 fully saturated rings. The molecule has 1 saturated heterocycles. The van der Waals surface area contributed by atoms with Gasteiger partial charge in [-0.05, 0) is 73.1 Å². The molecule has 0 saturated carbocycles. The molecule has 2 aromatic rings. The van der Waals surface area contributed by atoms with Crippen molar-refractivity contribution in [1.82, 2.24) is 4.98 Å². The van der Waals surface area contributed by atoms with E-state index in [4.69, 9.17) is 17.3 Å². The number of rotatable bonds is 5. The summed E-state index contributed by atoms with van der Waals surface area (Å²) in [6.45, 7) is 3.28. The number of aliphatic hydroxyl groups excluding tert-OH is 1. The van der Waals surface area contributed by atoms with E-state index in [1.165, 1.54) is 6.20 Å². The highest BCUT2D eigenvalue weighted by Crippen LogP contribution is 2.34. The minimum Gasteiger partial charge on any atom is -0.393 e. The summed E-state index contributed by atoms with van der Waals surface area (Å²) < 4.78 is 0. The maximum Gasteiger partial charge on any atom is 0.267 e. The lowest BCUT2D eigenvalue weighted by molar-refractivity contribution is -0.111. The number of pyridine rings is 1. The molecule has 4 rings (SSSR count). The standard InChI is InChI=1S/C25H28ClN5O3/c1-14-18(23(28-2)24(27)33)6-4-15-3-5-16(11-19(14)15)30-25(34)20-12-22(29-13-21(20)26)31-9-7-17(32)8-10-31/h3,5,11-13,17,32H,4,6-10H2,1-2H3,(H2,27,33)(H,30,34). The summed E-state index contributed by atoms with van der Waals surface area (Å²) >= 11 is 6.31. The van der Waals surface area contributed by atoms with Gasteiger partial charge in [0, 0.05) is 32.0 Å². The Labute approximate surface area is 203 Å². The van der Waals surface area contributed by atoms with E-state index >= 15 is 0 Å². The van der Waals surface area contributed by atoms with Crippen LogP contribution in [0.4, 0.5) is 11.5 Å². The predicted octanol–water partition coefficient (Wildman–Crippen LogP) is 3.22. The molecule has 0 bridgehead atoms. The fraction of sp³-hybridized carbons (Fsp3) is 0.360. The largest absolute Gasteiger partial charge is 0.393 e. The number of aliphatic imine (C=N–C) groups is 1. The van der Waals surface area contributed by atoms with Crippen molar-refractivity contribution in [2.45, 2.75) is 38.7 Å². The van der Waals surface area contributed by atoms with Crippen LogP contribution in [0.25, 0.3) is 5.57 Å². The van der Waals surface area contributed by atoms with Crippen LogP contribution in [0.3, 0.4) is 0 Å². The molecule has 2 amide bonds. The Morgan fingerprint density at radius 1 is 1.24 bits per heavy atom. The van der Waals surface area contributed by atoms with Gasteiger partial charge in [0.25, 0.3) is 11.8 Å². The van der Waals surface area contributed by atoms with Crippen LogP contribution in [0.2, 0.25) is 5.02 Å². The van der Waals surface area contributed by atoms with Crippen molar-refractivity contribution in [3.63, 3.8) is 0 Å². The summed E-state index contributed by atoms with van der Waals surface area (Å²) in [5, 5.41) is 12.9. The molecule has 4 N–H and O–H groups in total. The molecule has 8 nitrogen and oxygen atoms in total. The van der Waals surface area contributed by atoms with Gasteiger partial charge < -0.3 is 21.1 Å². The summed E-state index contributed by atoms with van der Waals surface area (Å²) in [6.07, 6.45) is 3.95. The molecule has 1 aliphatic heterocycles. The Hall–Kier alpha value is -3.23. The number of amides is 2. The number of nitrogens with zero attached hydrogens (tertiary/aromatic N) is 3. The molecule has 1 aromatic carbocycles. The van der Waals surface area contributed by atoms with Crippen molar-refractivity contribution in [3.05, 3.63) is 57.7 Å². The van der Waals surface area contributed by atoms with Crippen LogP contribution in [0.5, 0.6) is 0 Å². The summed E-state index contributed by atoms with van der Waals surface area (Å²) in [5.74, 6) is -0.222. The Morgan fingerprint density at radius 2 is 1.97 bits per heavy atom. The Morgan fingerprint density at radius 3 is 2.65 bits per heavy atom. The molecule has 0 atom stereocenters. The fourth-order valence-corrected chi connectivity index (χ4v) is 4.78. The van der Waals surface area contributed by atoms with Gasteiger partial charge in [0.15, 0.2) is 0 Å². The molecular weight excluding hydrogens is 454 g/mol. The lowest BCUT2D eigenvalue weighted by Gasteiger charge is -2.30. The second kappa shape index (κ2) is 9.95. The summed E-state index contributed by atoms with van der Waals surface area (Å²) in [6, 6.07) is 7.43. The van der Waals surface area contributed by atoms with Crippen molar-refractivity contribution < 1.29 is 14.7 Å². The first-order chi connectivity index (χ1) is 16.3. The zero-order valence-corrected chi connectivity index (χ0v) is 20.0. The number of primary amides is 1. The van der Waals surface area contributed by atoms with Gasteiger partial charge >= 0.3 is 0 Å². The van der Waals surface area contributed by atoms with Crippen molar-refractivity contribution in [2.24, 2.45) is 10.7 Å². The van der Waals surface area contributed by atoms with Crippen LogP contribution in [0.1, 0.15) is 47.7 Å². The molecule has 9 heteroatoms. The van der Waals surface area contributed by atoms with E-state index in [-0.39, 0.29) is 17.0 Å². The van der Waals surface area contributed by atoms with Crippen LogP contribution in [0.15, 0.2) is 41.0 Å². The van der Waals surface area contributed by atoms with Crippen molar-refractivity contribution in [3.8, 4) is 0 Å². The minimum absolute atomic E-state index is 0.264. The quantitative estimate of drug-likeness (QED) is 0.566. The van der Waals surface area contributed by atoms with E-state index in [2.05, 4.69) is 15.3 Å². The Kier molecular flexibility index (Phi) is 7.00. The van der Waals surface area contributed by atoms with Crippen LogP contribution < -0.4 is 16.0 Å². The summed E-state index contributed by atoms with van der Waals surface area (Å²) in [4.78, 5) is 35.4. The van der Waals surface area contributed by atoms with Gasteiger partial charge in [-0.1, -0.05) is 17.7 Å². The zero-order chi connectivity index (χ0) is 24.4. The number of hydrogen-bond donors (Lipinski definition) is 3. The number of nitrogens with two attached hydrogens (primary N) is 1. The average Bonchev–Trinajstić information content (AvgIpc) is 2.82. The maximum atomic E-state index is 13.1. The lowest BCUT2D eigenvalue weighted by atomic mass is 9.84. The Balaban J connectivity index is 1.59. The highest BCUT2D eigenvalue weighted by atomic mass is 35.5. The first kappa shape index (κ1) is 23.9. The monoisotopic (exact) mass is 481 g/mol. The van der Waals surface area contributed by atoms with E-state index in [1.807, 2.05) is 30.0 Å². The molecule has 178 valence electrons. The van der Waals surface area contributed by atoms with Crippen molar-refractivity contribution in [1.29, 1.82) is 0 Å². The number of aryl methyl sites for hydroxylation is 1. The number of fused-ring (bicyclic) bond motifs is 1. The number of benzene rings is 1. The SMILES string of the molecule is CN=C(C(N)=O)C1=C(C)c2cc(NC(=O)c3cc(N4CCC(O)CC4)ncc3Cl)ccc2CC1. The number of aliphatic hydroxyl groups is 1. The fourth-order valence-electron chi connectivity index (χ4n) is 4.59. The Bertz CT molecular complexity index is 1200. The normalized spacial score (nSPS) is 16.9. The second-order valence-corrected chi connectivity index (χ2v) is 9.01. The highest BCUT2D eigenvalue weighted by molar-refractivity contribution is 6.46. The van der Waals surface area contributed by atoms with Gasteiger partial charge in [0.05, 0.1) is 16.7 Å². The number of halogens is 1. The number of nitrogens with one attached hydrogen (secondary N) is 1. The zero-order valence-electron chi connectivity index (χ0n) is 19.3. The average molecular weight is 482 g/mol. The van der Waals surface area contributed by atoms with Crippen LogP contribution >= 0.6 is 11.6 Å². The van der Waals surface area contributed by atoms with Crippen molar-refractivity contribution in [2.75, 3.05) is 30.4 Å². The molecule has 0 spiro atoms. The van der Waals surface area contributed by atoms with Crippen molar-refractivity contribution >= 4 is 46.2 Å². The number of aromatic nitrogens is 1. The number of anilines is 2.